The van der Waals surface area contributed by atoms with E-state index in [9.17, 15) is 0 Å². The molecule has 0 amide bonds. The van der Waals surface area contributed by atoms with Crippen LogP contribution in [-0.4, -0.2) is 41.0 Å². The summed E-state index contributed by atoms with van der Waals surface area (Å²) in [6, 6.07) is 14.8. The van der Waals surface area contributed by atoms with Crippen molar-refractivity contribution in [1.29, 1.82) is 0 Å². The third kappa shape index (κ3) is 2.90. The Morgan fingerprint density at radius 3 is 2.61 bits per heavy atom. The summed E-state index contributed by atoms with van der Waals surface area (Å²) < 4.78 is 6.70. The number of rotatable bonds is 2. The van der Waals surface area contributed by atoms with Gasteiger partial charge in [-0.05, 0) is 37.2 Å². The summed E-state index contributed by atoms with van der Waals surface area (Å²) in [5, 5.41) is 8.17. The Morgan fingerprint density at radius 2 is 1.89 bits per heavy atom. The van der Waals surface area contributed by atoms with Crippen molar-refractivity contribution in [2.45, 2.75) is 44.9 Å². The maximum atomic E-state index is 6.70. The van der Waals surface area contributed by atoms with E-state index in [2.05, 4.69) is 54.1 Å². The van der Waals surface area contributed by atoms with E-state index in [1.165, 1.54) is 11.1 Å². The molecule has 1 atom stereocenters. The number of nitrogens with zero attached hydrogens (tertiary/aromatic N) is 3. The second kappa shape index (κ2) is 6.78. The molecule has 0 saturated carbocycles. The third-order valence-electron chi connectivity index (χ3n) is 6.41. The number of hydrazone groups is 1. The van der Waals surface area contributed by atoms with Gasteiger partial charge in [0.1, 0.15) is 5.75 Å². The first-order valence-electron chi connectivity index (χ1n) is 10.2. The highest BCUT2D eigenvalue weighted by molar-refractivity contribution is 6.30. The molecule has 4 nitrogen and oxygen atoms in total. The molecule has 0 aromatic heterocycles. The van der Waals surface area contributed by atoms with Crippen LogP contribution in [0.1, 0.15) is 48.9 Å². The lowest BCUT2D eigenvalue weighted by atomic mass is 9.90. The van der Waals surface area contributed by atoms with Crippen LogP contribution in [0.25, 0.3) is 0 Å². The van der Waals surface area contributed by atoms with E-state index in [-0.39, 0.29) is 11.8 Å². The quantitative estimate of drug-likeness (QED) is 0.715. The third-order valence-corrected chi connectivity index (χ3v) is 6.67. The first-order chi connectivity index (χ1) is 13.6. The van der Waals surface area contributed by atoms with E-state index in [1.807, 2.05) is 12.1 Å². The predicted octanol–water partition coefficient (Wildman–Crippen LogP) is 5.00. The molecule has 146 valence electrons. The minimum Gasteiger partial charge on any atom is -0.466 e. The highest BCUT2D eigenvalue weighted by Gasteiger charge is 2.51. The molecule has 2 aromatic rings. The maximum Gasteiger partial charge on any atom is 0.200 e. The van der Waals surface area contributed by atoms with Crippen LogP contribution >= 0.6 is 11.6 Å². The topological polar surface area (TPSA) is 28.1 Å². The van der Waals surface area contributed by atoms with Crippen molar-refractivity contribution in [3.63, 3.8) is 0 Å². The van der Waals surface area contributed by atoms with Crippen LogP contribution in [0.15, 0.2) is 47.6 Å². The minimum atomic E-state index is -0.341. The largest absolute Gasteiger partial charge is 0.466 e. The number of hydrogen-bond donors (Lipinski definition) is 0. The van der Waals surface area contributed by atoms with E-state index >= 15 is 0 Å². The van der Waals surface area contributed by atoms with Gasteiger partial charge in [-0.3, -0.25) is 0 Å². The number of ether oxygens (including phenoxy) is 1. The van der Waals surface area contributed by atoms with Crippen LogP contribution < -0.4 is 4.74 Å². The van der Waals surface area contributed by atoms with E-state index in [0.717, 1.165) is 60.9 Å². The smallest absolute Gasteiger partial charge is 0.200 e. The monoisotopic (exact) mass is 395 g/mol. The fourth-order valence-corrected chi connectivity index (χ4v) is 4.89. The van der Waals surface area contributed by atoms with E-state index < -0.39 is 0 Å². The Balaban J connectivity index is 1.56. The molecule has 1 spiro atoms. The molecule has 0 unspecified atom stereocenters. The summed E-state index contributed by atoms with van der Waals surface area (Å²) in [5.41, 5.74) is 4.45. The highest BCUT2D eigenvalue weighted by atomic mass is 35.5. The first-order valence-corrected chi connectivity index (χ1v) is 10.6. The molecule has 0 aliphatic carbocycles. The molecule has 1 fully saturated rings. The van der Waals surface area contributed by atoms with Gasteiger partial charge in [0.15, 0.2) is 0 Å². The number of hydrogen-bond acceptors (Lipinski definition) is 4. The average molecular weight is 396 g/mol. The van der Waals surface area contributed by atoms with Crippen LogP contribution in [0.5, 0.6) is 5.75 Å². The Kier molecular flexibility index (Phi) is 4.37. The standard InChI is InChI=1S/C23H26ClN3O/c1-3-26-12-10-23(11-13-26)27-21(19-14-16(2)4-9-22(19)28-23)15-20(25-27)17-5-7-18(24)8-6-17/h4-9,14,21H,3,10-13,15H2,1-2H3/t21-/m1/s1. The number of fused-ring (bicyclic) bond motifs is 4. The number of aryl methyl sites for hydroxylation is 1. The van der Waals surface area contributed by atoms with Gasteiger partial charge in [-0.2, -0.15) is 5.10 Å². The van der Waals surface area contributed by atoms with Crippen molar-refractivity contribution in [3.05, 3.63) is 64.2 Å². The lowest BCUT2D eigenvalue weighted by Crippen LogP contribution is -2.59. The van der Waals surface area contributed by atoms with Crippen molar-refractivity contribution in [2.24, 2.45) is 5.10 Å². The van der Waals surface area contributed by atoms with Gasteiger partial charge in [0.25, 0.3) is 0 Å². The van der Waals surface area contributed by atoms with Crippen LogP contribution in [0.4, 0.5) is 0 Å². The van der Waals surface area contributed by atoms with Gasteiger partial charge in [-0.25, -0.2) is 5.01 Å². The average Bonchev–Trinajstić information content (AvgIpc) is 3.17. The summed E-state index contributed by atoms with van der Waals surface area (Å²) in [6.45, 7) is 7.56. The van der Waals surface area contributed by atoms with Gasteiger partial charge in [0.05, 0.1) is 11.8 Å². The molecule has 28 heavy (non-hydrogen) atoms. The Hall–Kier alpha value is -2.04. The van der Waals surface area contributed by atoms with E-state index in [1.54, 1.807) is 0 Å². The van der Waals surface area contributed by atoms with Gasteiger partial charge in [-0.15, -0.1) is 0 Å². The summed E-state index contributed by atoms with van der Waals surface area (Å²) in [7, 11) is 0. The molecule has 0 radical (unpaired) electrons. The second-order valence-corrected chi connectivity index (χ2v) is 8.58. The normalized spacial score (nSPS) is 23.2. The van der Waals surface area contributed by atoms with Crippen LogP contribution in [0, 0.1) is 6.92 Å². The summed E-state index contributed by atoms with van der Waals surface area (Å²) in [6.07, 6.45) is 2.85. The summed E-state index contributed by atoms with van der Waals surface area (Å²) >= 11 is 6.09. The van der Waals surface area contributed by atoms with Gasteiger partial charge in [-0.1, -0.05) is 48.4 Å². The Morgan fingerprint density at radius 1 is 1.14 bits per heavy atom. The van der Waals surface area contributed by atoms with Gasteiger partial charge in [0.2, 0.25) is 5.72 Å². The zero-order chi connectivity index (χ0) is 19.3. The van der Waals surface area contributed by atoms with Crippen LogP contribution in [0.3, 0.4) is 0 Å². The van der Waals surface area contributed by atoms with Crippen LogP contribution in [0.2, 0.25) is 5.02 Å². The molecule has 3 aliphatic rings. The molecule has 2 aromatic carbocycles. The van der Waals surface area contributed by atoms with Crippen molar-refractivity contribution >= 4 is 17.3 Å². The molecule has 5 rings (SSSR count). The zero-order valence-electron chi connectivity index (χ0n) is 16.5. The minimum absolute atomic E-state index is 0.238. The van der Waals surface area contributed by atoms with Crippen molar-refractivity contribution in [1.82, 2.24) is 9.91 Å². The van der Waals surface area contributed by atoms with E-state index in [4.69, 9.17) is 21.4 Å². The molecule has 0 N–H and O–H groups in total. The zero-order valence-corrected chi connectivity index (χ0v) is 17.2. The molecule has 0 bridgehead atoms. The van der Waals surface area contributed by atoms with Crippen molar-refractivity contribution in [3.8, 4) is 5.75 Å². The molecule has 1 saturated heterocycles. The second-order valence-electron chi connectivity index (χ2n) is 8.14. The van der Waals surface area contributed by atoms with Crippen molar-refractivity contribution in [2.75, 3.05) is 19.6 Å². The summed E-state index contributed by atoms with van der Waals surface area (Å²) in [5.74, 6) is 1.03. The molecule has 5 heteroatoms. The molecular formula is C23H26ClN3O. The SMILES string of the molecule is CCN1CCC2(CC1)Oc1ccc(C)cc1[C@H]1CC(c3ccc(Cl)cc3)=NN12. The Labute approximate surface area is 171 Å². The number of halogens is 1. The lowest BCUT2D eigenvalue weighted by Gasteiger charge is -2.51. The van der Waals surface area contributed by atoms with Gasteiger partial charge in [0, 0.05) is 42.9 Å². The van der Waals surface area contributed by atoms with Crippen LogP contribution in [-0.2, 0) is 0 Å². The number of benzene rings is 2. The van der Waals surface area contributed by atoms with Gasteiger partial charge < -0.3 is 9.64 Å². The molecule has 3 aliphatic heterocycles. The Bertz CT molecular complexity index is 916. The fraction of sp³-hybridized carbons (Fsp3) is 0.435. The number of piperidine rings is 1. The summed E-state index contributed by atoms with van der Waals surface area (Å²) in [4.78, 5) is 2.49. The molecular weight excluding hydrogens is 370 g/mol. The predicted molar refractivity (Wildman–Crippen MR) is 113 cm³/mol. The molecule has 3 heterocycles. The first kappa shape index (κ1) is 18.0. The maximum absolute atomic E-state index is 6.70. The van der Waals surface area contributed by atoms with E-state index in [0.29, 0.717) is 0 Å². The highest BCUT2D eigenvalue weighted by Crippen LogP contribution is 2.50. The number of likely N-dealkylation sites (tertiary alicyclic amines) is 1. The van der Waals surface area contributed by atoms with Crippen molar-refractivity contribution < 1.29 is 4.74 Å². The fourth-order valence-electron chi connectivity index (χ4n) is 4.77. The van der Waals surface area contributed by atoms with Gasteiger partial charge >= 0.3 is 0 Å². The lowest BCUT2D eigenvalue weighted by molar-refractivity contribution is -0.149.